The maximum absolute atomic E-state index is 11.6. The van der Waals surface area contributed by atoms with Crippen molar-refractivity contribution in [3.8, 4) is 11.9 Å². The summed E-state index contributed by atoms with van der Waals surface area (Å²) in [5, 5.41) is 12.3. The molecule has 27 heavy (non-hydrogen) atoms. The molecule has 0 bridgehead atoms. The summed E-state index contributed by atoms with van der Waals surface area (Å²) in [6, 6.07) is 8.19. The Balaban J connectivity index is 1.56. The molecule has 1 saturated heterocycles. The fraction of sp³-hybridized carbons (Fsp3) is 0.500. The normalized spacial score (nSPS) is 27.6. The van der Waals surface area contributed by atoms with E-state index in [0.29, 0.717) is 23.8 Å². The first kappa shape index (κ1) is 18.5. The fourth-order valence-corrected chi connectivity index (χ4v) is 4.86. The van der Waals surface area contributed by atoms with Gasteiger partial charge in [-0.1, -0.05) is 23.7 Å². The first-order valence-electron chi connectivity index (χ1n) is 9.18. The third kappa shape index (κ3) is 3.37. The number of ether oxygens (including phenoxy) is 2. The van der Waals surface area contributed by atoms with E-state index in [1.165, 1.54) is 12.7 Å². The van der Waals surface area contributed by atoms with Crippen molar-refractivity contribution >= 4 is 11.6 Å². The molecule has 0 radical (unpaired) electrons. The molecule has 1 aromatic heterocycles. The van der Waals surface area contributed by atoms with E-state index >= 15 is 0 Å². The molecule has 144 valence electrons. The predicted octanol–water partition coefficient (Wildman–Crippen LogP) is 2.88. The van der Waals surface area contributed by atoms with Gasteiger partial charge in [0.1, 0.15) is 5.60 Å². The highest BCUT2D eigenvalue weighted by Gasteiger charge is 2.53. The van der Waals surface area contributed by atoms with Crippen LogP contribution in [-0.4, -0.2) is 47.3 Å². The highest BCUT2D eigenvalue weighted by molar-refractivity contribution is 6.30. The van der Waals surface area contributed by atoms with Crippen LogP contribution in [0, 0.1) is 11.8 Å². The Morgan fingerprint density at radius 1 is 1.30 bits per heavy atom. The average molecular weight is 390 g/mol. The maximum Gasteiger partial charge on any atom is 0.319 e. The van der Waals surface area contributed by atoms with Crippen molar-refractivity contribution in [3.63, 3.8) is 0 Å². The van der Waals surface area contributed by atoms with Crippen molar-refractivity contribution in [1.82, 2.24) is 14.9 Å². The molecule has 2 heterocycles. The highest BCUT2D eigenvalue weighted by atomic mass is 35.5. The van der Waals surface area contributed by atoms with Gasteiger partial charge in [0, 0.05) is 36.8 Å². The van der Waals surface area contributed by atoms with E-state index in [-0.39, 0.29) is 11.9 Å². The SMILES string of the molecule is COc1ncc([C@]2(O)CC[C@H]3CN(Cc4cccc(Cl)c4)C[C@H]32)c(OC)n1. The minimum absolute atomic E-state index is 0.127. The number of fused-ring (bicyclic) bond motifs is 1. The third-order valence-electron chi connectivity index (χ3n) is 5.90. The zero-order valence-corrected chi connectivity index (χ0v) is 16.3. The van der Waals surface area contributed by atoms with Gasteiger partial charge in [0.25, 0.3) is 0 Å². The molecule has 7 heteroatoms. The Kier molecular flexibility index (Phi) is 4.97. The molecule has 4 rings (SSSR count). The van der Waals surface area contributed by atoms with Crippen LogP contribution in [0.4, 0.5) is 0 Å². The number of nitrogens with zero attached hydrogens (tertiary/aromatic N) is 3. The second kappa shape index (κ2) is 7.26. The van der Waals surface area contributed by atoms with Crippen LogP contribution < -0.4 is 9.47 Å². The van der Waals surface area contributed by atoms with Crippen LogP contribution >= 0.6 is 11.6 Å². The third-order valence-corrected chi connectivity index (χ3v) is 6.13. The van der Waals surface area contributed by atoms with Gasteiger partial charge in [0.2, 0.25) is 5.88 Å². The molecule has 1 N–H and O–H groups in total. The first-order valence-corrected chi connectivity index (χ1v) is 9.56. The summed E-state index contributed by atoms with van der Waals surface area (Å²) >= 11 is 6.11. The van der Waals surface area contributed by atoms with Crippen molar-refractivity contribution < 1.29 is 14.6 Å². The van der Waals surface area contributed by atoms with Gasteiger partial charge < -0.3 is 14.6 Å². The second-order valence-corrected chi connectivity index (χ2v) is 7.87. The zero-order chi connectivity index (χ0) is 19.0. The van der Waals surface area contributed by atoms with Gasteiger partial charge in [0.05, 0.1) is 19.8 Å². The molecule has 0 amide bonds. The number of aromatic nitrogens is 2. The molecule has 1 aliphatic carbocycles. The van der Waals surface area contributed by atoms with Crippen LogP contribution in [0.15, 0.2) is 30.5 Å². The number of halogens is 1. The summed E-state index contributed by atoms with van der Waals surface area (Å²) in [6.45, 7) is 2.63. The standard InChI is InChI=1S/C20H24ClN3O3/c1-26-18-16(9-22-19(23-18)27-2)20(25)7-6-14-11-24(12-17(14)20)10-13-4-3-5-15(21)8-13/h3-5,8-9,14,17,25H,6-7,10-12H2,1-2H3/t14-,17+,20+/m0/s1. The molecule has 6 nitrogen and oxygen atoms in total. The van der Waals surface area contributed by atoms with Crippen LogP contribution in [0.1, 0.15) is 24.0 Å². The summed E-state index contributed by atoms with van der Waals surface area (Å²) in [4.78, 5) is 10.9. The lowest BCUT2D eigenvalue weighted by Gasteiger charge is -2.31. The average Bonchev–Trinajstić information content (AvgIpc) is 3.21. The van der Waals surface area contributed by atoms with Gasteiger partial charge in [-0.3, -0.25) is 4.90 Å². The van der Waals surface area contributed by atoms with Gasteiger partial charge in [-0.05, 0) is 36.5 Å². The van der Waals surface area contributed by atoms with Gasteiger partial charge >= 0.3 is 6.01 Å². The number of likely N-dealkylation sites (tertiary alicyclic amines) is 1. The Morgan fingerprint density at radius 2 is 2.15 bits per heavy atom. The Labute approximate surface area is 164 Å². The van der Waals surface area contributed by atoms with Crippen LogP contribution in [-0.2, 0) is 12.1 Å². The molecular formula is C20H24ClN3O3. The number of methoxy groups -OCH3 is 2. The highest BCUT2D eigenvalue weighted by Crippen LogP contribution is 2.52. The smallest absolute Gasteiger partial charge is 0.319 e. The minimum Gasteiger partial charge on any atom is -0.481 e. The van der Waals surface area contributed by atoms with E-state index in [9.17, 15) is 5.11 Å². The summed E-state index contributed by atoms with van der Waals surface area (Å²) < 4.78 is 10.5. The number of hydrogen-bond acceptors (Lipinski definition) is 6. The van der Waals surface area contributed by atoms with E-state index in [4.69, 9.17) is 21.1 Å². The van der Waals surface area contributed by atoms with Crippen molar-refractivity contribution in [2.75, 3.05) is 27.3 Å². The Morgan fingerprint density at radius 3 is 2.89 bits per heavy atom. The molecular weight excluding hydrogens is 366 g/mol. The van der Waals surface area contributed by atoms with E-state index in [1.54, 1.807) is 13.3 Å². The number of hydrogen-bond donors (Lipinski definition) is 1. The lowest BCUT2D eigenvalue weighted by atomic mass is 9.83. The van der Waals surface area contributed by atoms with Crippen molar-refractivity contribution in [2.24, 2.45) is 11.8 Å². The molecule has 3 atom stereocenters. The molecule has 1 saturated carbocycles. The molecule has 2 aromatic rings. The van der Waals surface area contributed by atoms with Crippen LogP contribution in [0.25, 0.3) is 0 Å². The summed E-state index contributed by atoms with van der Waals surface area (Å²) in [7, 11) is 3.07. The predicted molar refractivity (Wildman–Crippen MR) is 102 cm³/mol. The molecule has 1 aliphatic heterocycles. The van der Waals surface area contributed by atoms with Gasteiger partial charge in [-0.15, -0.1) is 0 Å². The Hall–Kier alpha value is -1.89. The van der Waals surface area contributed by atoms with Crippen molar-refractivity contribution in [3.05, 3.63) is 46.6 Å². The second-order valence-electron chi connectivity index (χ2n) is 7.43. The summed E-state index contributed by atoms with van der Waals surface area (Å²) in [5.74, 6) is 0.960. The molecule has 2 aliphatic rings. The number of benzene rings is 1. The molecule has 2 fully saturated rings. The van der Waals surface area contributed by atoms with Gasteiger partial charge in [0.15, 0.2) is 0 Å². The lowest BCUT2D eigenvalue weighted by molar-refractivity contribution is -0.00972. The number of rotatable bonds is 5. The summed E-state index contributed by atoms with van der Waals surface area (Å²) in [5.41, 5.74) is 0.866. The molecule has 0 spiro atoms. The van der Waals surface area contributed by atoms with E-state index in [1.807, 2.05) is 18.2 Å². The Bertz CT molecular complexity index is 834. The number of aliphatic hydroxyl groups is 1. The minimum atomic E-state index is -0.981. The van der Waals surface area contributed by atoms with Crippen molar-refractivity contribution in [1.29, 1.82) is 0 Å². The fourth-order valence-electron chi connectivity index (χ4n) is 4.64. The van der Waals surface area contributed by atoms with E-state index in [0.717, 1.165) is 31.1 Å². The van der Waals surface area contributed by atoms with Gasteiger partial charge in [-0.2, -0.15) is 4.98 Å². The van der Waals surface area contributed by atoms with E-state index in [2.05, 4.69) is 20.9 Å². The topological polar surface area (TPSA) is 67.7 Å². The lowest BCUT2D eigenvalue weighted by Crippen LogP contribution is -2.35. The van der Waals surface area contributed by atoms with Crippen molar-refractivity contribution in [2.45, 2.75) is 25.0 Å². The monoisotopic (exact) mass is 389 g/mol. The van der Waals surface area contributed by atoms with Crippen LogP contribution in [0.2, 0.25) is 5.02 Å². The molecule has 1 aromatic carbocycles. The summed E-state index contributed by atoms with van der Waals surface area (Å²) in [6.07, 6.45) is 3.31. The van der Waals surface area contributed by atoms with Gasteiger partial charge in [-0.25, -0.2) is 4.98 Å². The quantitative estimate of drug-likeness (QED) is 0.848. The van der Waals surface area contributed by atoms with E-state index < -0.39 is 5.60 Å². The van der Waals surface area contributed by atoms with Crippen LogP contribution in [0.3, 0.4) is 0 Å². The maximum atomic E-state index is 11.6. The zero-order valence-electron chi connectivity index (χ0n) is 15.6. The first-order chi connectivity index (χ1) is 13.0. The molecule has 0 unspecified atom stereocenters. The largest absolute Gasteiger partial charge is 0.481 e. The van der Waals surface area contributed by atoms with Crippen LogP contribution in [0.5, 0.6) is 11.9 Å².